The van der Waals surface area contributed by atoms with Gasteiger partial charge in [0.2, 0.25) is 0 Å². The van der Waals surface area contributed by atoms with E-state index in [1.807, 2.05) is 6.92 Å². The van der Waals surface area contributed by atoms with E-state index < -0.39 is 11.6 Å². The molecular formula is C14H19F2NO. The summed E-state index contributed by atoms with van der Waals surface area (Å²) in [5, 5.41) is 3.37. The molecule has 1 N–H and O–H groups in total. The first-order valence-corrected chi connectivity index (χ1v) is 6.45. The Morgan fingerprint density at radius 1 is 1.44 bits per heavy atom. The van der Waals surface area contributed by atoms with Crippen LogP contribution in [0.2, 0.25) is 0 Å². The van der Waals surface area contributed by atoms with E-state index in [0.29, 0.717) is 17.9 Å². The van der Waals surface area contributed by atoms with Gasteiger partial charge in [0.15, 0.2) is 0 Å². The molecule has 1 heterocycles. The van der Waals surface area contributed by atoms with Crippen molar-refractivity contribution in [2.45, 2.75) is 25.8 Å². The fourth-order valence-electron chi connectivity index (χ4n) is 2.46. The van der Waals surface area contributed by atoms with Crippen molar-refractivity contribution >= 4 is 0 Å². The molecule has 1 aromatic carbocycles. The van der Waals surface area contributed by atoms with Crippen LogP contribution in [-0.4, -0.2) is 25.8 Å². The Morgan fingerprint density at radius 2 is 2.28 bits per heavy atom. The summed E-state index contributed by atoms with van der Waals surface area (Å²) in [4.78, 5) is 0. The van der Waals surface area contributed by atoms with E-state index in [9.17, 15) is 8.78 Å². The third-order valence-corrected chi connectivity index (χ3v) is 3.46. The molecule has 0 aromatic heterocycles. The molecule has 0 amide bonds. The molecule has 1 aliphatic rings. The van der Waals surface area contributed by atoms with E-state index in [4.69, 9.17) is 4.74 Å². The van der Waals surface area contributed by atoms with Crippen LogP contribution in [0, 0.1) is 17.6 Å². The van der Waals surface area contributed by atoms with Gasteiger partial charge in [-0.3, -0.25) is 0 Å². The van der Waals surface area contributed by atoms with Crippen LogP contribution in [0.5, 0.6) is 0 Å². The Bertz CT molecular complexity index is 391. The fourth-order valence-corrected chi connectivity index (χ4v) is 2.46. The SMILES string of the molecule is CCNC(Cc1ccc(F)cc1F)C1CCOC1. The average Bonchev–Trinajstić information content (AvgIpc) is 2.85. The minimum Gasteiger partial charge on any atom is -0.381 e. The second-order valence-electron chi connectivity index (χ2n) is 4.73. The largest absolute Gasteiger partial charge is 0.381 e. The lowest BCUT2D eigenvalue weighted by atomic mass is 9.92. The number of rotatable bonds is 5. The van der Waals surface area contributed by atoms with E-state index in [0.717, 1.165) is 32.2 Å². The summed E-state index contributed by atoms with van der Waals surface area (Å²) in [6.45, 7) is 4.37. The van der Waals surface area contributed by atoms with Crippen LogP contribution in [0.4, 0.5) is 8.78 Å². The molecular weight excluding hydrogens is 236 g/mol. The molecule has 0 saturated carbocycles. The van der Waals surface area contributed by atoms with Crippen molar-refractivity contribution in [1.82, 2.24) is 5.32 Å². The van der Waals surface area contributed by atoms with Gasteiger partial charge in [0.1, 0.15) is 11.6 Å². The zero-order valence-corrected chi connectivity index (χ0v) is 10.6. The molecule has 1 fully saturated rings. The van der Waals surface area contributed by atoms with Gasteiger partial charge in [0.25, 0.3) is 0 Å². The molecule has 2 atom stereocenters. The van der Waals surface area contributed by atoms with E-state index in [1.54, 1.807) is 0 Å². The van der Waals surface area contributed by atoms with Gasteiger partial charge in [-0.05, 0) is 31.0 Å². The monoisotopic (exact) mass is 255 g/mol. The fraction of sp³-hybridized carbons (Fsp3) is 0.571. The number of ether oxygens (including phenoxy) is 1. The van der Waals surface area contributed by atoms with Crippen LogP contribution in [0.25, 0.3) is 0 Å². The van der Waals surface area contributed by atoms with Crippen LogP contribution < -0.4 is 5.32 Å². The summed E-state index contributed by atoms with van der Waals surface area (Å²) in [6.07, 6.45) is 1.58. The van der Waals surface area contributed by atoms with Gasteiger partial charge < -0.3 is 10.1 Å². The van der Waals surface area contributed by atoms with Crippen molar-refractivity contribution < 1.29 is 13.5 Å². The number of halogens is 2. The third-order valence-electron chi connectivity index (χ3n) is 3.46. The maximum absolute atomic E-state index is 13.6. The van der Waals surface area contributed by atoms with Crippen LogP contribution in [0.15, 0.2) is 18.2 Å². The van der Waals surface area contributed by atoms with Gasteiger partial charge >= 0.3 is 0 Å². The predicted octanol–water partition coefficient (Wildman–Crippen LogP) is 2.52. The lowest BCUT2D eigenvalue weighted by Gasteiger charge is -2.23. The number of nitrogens with one attached hydrogen (secondary N) is 1. The quantitative estimate of drug-likeness (QED) is 0.873. The maximum atomic E-state index is 13.6. The zero-order chi connectivity index (χ0) is 13.0. The van der Waals surface area contributed by atoms with Crippen LogP contribution >= 0.6 is 0 Å². The lowest BCUT2D eigenvalue weighted by molar-refractivity contribution is 0.176. The number of hydrogen-bond donors (Lipinski definition) is 1. The minimum atomic E-state index is -0.527. The Hall–Kier alpha value is -1.00. The lowest BCUT2D eigenvalue weighted by Crippen LogP contribution is -2.38. The Kier molecular flexibility index (Phi) is 4.66. The number of benzene rings is 1. The summed E-state index contributed by atoms with van der Waals surface area (Å²) in [5.41, 5.74) is 0.564. The van der Waals surface area contributed by atoms with Crippen LogP contribution in [0.3, 0.4) is 0 Å². The third kappa shape index (κ3) is 3.27. The second-order valence-corrected chi connectivity index (χ2v) is 4.73. The van der Waals surface area contributed by atoms with E-state index in [1.165, 1.54) is 12.1 Å². The zero-order valence-electron chi connectivity index (χ0n) is 10.6. The first kappa shape index (κ1) is 13.4. The van der Waals surface area contributed by atoms with Gasteiger partial charge in [0, 0.05) is 24.6 Å². The summed E-state index contributed by atoms with van der Waals surface area (Å²) in [6, 6.07) is 3.98. The Morgan fingerprint density at radius 3 is 2.89 bits per heavy atom. The molecule has 1 aromatic rings. The highest BCUT2D eigenvalue weighted by Gasteiger charge is 2.26. The van der Waals surface area contributed by atoms with Crippen molar-refractivity contribution in [3.05, 3.63) is 35.4 Å². The topological polar surface area (TPSA) is 21.3 Å². The van der Waals surface area contributed by atoms with Crippen molar-refractivity contribution in [1.29, 1.82) is 0 Å². The molecule has 0 bridgehead atoms. The smallest absolute Gasteiger partial charge is 0.129 e. The highest BCUT2D eigenvalue weighted by Crippen LogP contribution is 2.21. The van der Waals surface area contributed by atoms with Gasteiger partial charge in [-0.25, -0.2) is 8.78 Å². The van der Waals surface area contributed by atoms with Crippen molar-refractivity contribution in [2.75, 3.05) is 19.8 Å². The molecule has 2 rings (SSSR count). The minimum absolute atomic E-state index is 0.192. The van der Waals surface area contributed by atoms with Crippen molar-refractivity contribution in [2.24, 2.45) is 5.92 Å². The maximum Gasteiger partial charge on any atom is 0.129 e. The van der Waals surface area contributed by atoms with Crippen molar-refractivity contribution in [3.8, 4) is 0 Å². The van der Waals surface area contributed by atoms with Crippen molar-refractivity contribution in [3.63, 3.8) is 0 Å². The van der Waals surface area contributed by atoms with Crippen LogP contribution in [0.1, 0.15) is 18.9 Å². The molecule has 2 nitrogen and oxygen atoms in total. The first-order valence-electron chi connectivity index (χ1n) is 6.45. The molecule has 0 radical (unpaired) electrons. The summed E-state index contributed by atoms with van der Waals surface area (Å²) >= 11 is 0. The average molecular weight is 255 g/mol. The second kappa shape index (κ2) is 6.25. The predicted molar refractivity (Wildman–Crippen MR) is 66.5 cm³/mol. The van der Waals surface area contributed by atoms with Gasteiger partial charge in [-0.15, -0.1) is 0 Å². The standard InChI is InChI=1S/C14H19F2NO/c1-2-17-14(11-5-6-18-9-11)7-10-3-4-12(15)8-13(10)16/h3-4,8,11,14,17H,2,5-7,9H2,1H3. The Labute approximate surface area is 106 Å². The summed E-state index contributed by atoms with van der Waals surface area (Å²) < 4.78 is 31.9. The highest BCUT2D eigenvalue weighted by atomic mass is 19.1. The van der Waals surface area contributed by atoms with E-state index >= 15 is 0 Å². The number of likely N-dealkylation sites (N-methyl/N-ethyl adjacent to an activating group) is 1. The molecule has 0 aliphatic carbocycles. The molecule has 100 valence electrons. The molecule has 0 spiro atoms. The molecule has 18 heavy (non-hydrogen) atoms. The molecule has 4 heteroatoms. The van der Waals surface area contributed by atoms with E-state index in [-0.39, 0.29) is 6.04 Å². The van der Waals surface area contributed by atoms with Gasteiger partial charge in [-0.2, -0.15) is 0 Å². The first-order chi connectivity index (χ1) is 8.70. The van der Waals surface area contributed by atoms with E-state index in [2.05, 4.69) is 5.32 Å². The molecule has 1 saturated heterocycles. The summed E-state index contributed by atoms with van der Waals surface area (Å²) in [7, 11) is 0. The highest BCUT2D eigenvalue weighted by molar-refractivity contribution is 5.20. The summed E-state index contributed by atoms with van der Waals surface area (Å²) in [5.74, 6) is -0.577. The normalized spacial score (nSPS) is 21.2. The molecule has 2 unspecified atom stereocenters. The van der Waals surface area contributed by atoms with Crippen LogP contribution in [-0.2, 0) is 11.2 Å². The molecule has 1 aliphatic heterocycles. The van der Waals surface area contributed by atoms with Gasteiger partial charge in [-0.1, -0.05) is 13.0 Å². The van der Waals surface area contributed by atoms with Gasteiger partial charge in [0.05, 0.1) is 6.61 Å². The Balaban J connectivity index is 2.07. The number of hydrogen-bond acceptors (Lipinski definition) is 2.